The van der Waals surface area contributed by atoms with E-state index >= 15 is 0 Å². The number of piperidine rings is 1. The standard InChI is InChI=1S/C13H15Cl2N3O2/c14-9-4-8(5-10(15)11(9)16)13(20)18-3-1-2-7(6-18)12(17)19/h4-5,7H,1-3,6,16H2,(H2,17,19). The fourth-order valence-corrected chi connectivity index (χ4v) is 2.77. The summed E-state index contributed by atoms with van der Waals surface area (Å²) >= 11 is 11.9. The number of halogens is 2. The highest BCUT2D eigenvalue weighted by Gasteiger charge is 2.28. The summed E-state index contributed by atoms with van der Waals surface area (Å²) in [5, 5.41) is 0.480. The number of carbonyl (C=O) groups excluding carboxylic acids is 2. The number of likely N-dealkylation sites (tertiary alicyclic amines) is 1. The first-order chi connectivity index (χ1) is 9.40. The van der Waals surface area contributed by atoms with Gasteiger partial charge < -0.3 is 16.4 Å². The van der Waals surface area contributed by atoms with Crippen molar-refractivity contribution >= 4 is 40.7 Å². The van der Waals surface area contributed by atoms with Gasteiger partial charge in [0.1, 0.15) is 0 Å². The van der Waals surface area contributed by atoms with E-state index in [2.05, 4.69) is 0 Å². The second-order valence-corrected chi connectivity index (χ2v) is 5.66. The normalized spacial score (nSPS) is 18.9. The molecule has 0 saturated carbocycles. The number of nitrogens with two attached hydrogens (primary N) is 2. The van der Waals surface area contributed by atoms with Gasteiger partial charge in [-0.1, -0.05) is 23.2 Å². The molecule has 1 fully saturated rings. The van der Waals surface area contributed by atoms with Gasteiger partial charge in [0.2, 0.25) is 5.91 Å². The molecule has 1 aromatic rings. The zero-order chi connectivity index (χ0) is 14.9. The number of nitrogen functional groups attached to an aromatic ring is 1. The smallest absolute Gasteiger partial charge is 0.253 e. The molecule has 0 radical (unpaired) electrons. The Bertz CT molecular complexity index is 540. The number of amides is 2. The first kappa shape index (κ1) is 14.9. The van der Waals surface area contributed by atoms with Gasteiger partial charge in [-0.2, -0.15) is 0 Å². The Labute approximate surface area is 126 Å². The molecule has 1 heterocycles. The zero-order valence-electron chi connectivity index (χ0n) is 10.7. The van der Waals surface area contributed by atoms with Crippen molar-refractivity contribution in [2.75, 3.05) is 18.8 Å². The third-order valence-electron chi connectivity index (χ3n) is 3.44. The van der Waals surface area contributed by atoms with E-state index in [1.165, 1.54) is 12.1 Å². The molecule has 4 N–H and O–H groups in total. The Hall–Kier alpha value is -1.46. The fourth-order valence-electron chi connectivity index (χ4n) is 2.28. The molecule has 1 aliphatic rings. The summed E-state index contributed by atoms with van der Waals surface area (Å²) in [4.78, 5) is 25.2. The molecule has 20 heavy (non-hydrogen) atoms. The van der Waals surface area contributed by atoms with Gasteiger partial charge in [-0.05, 0) is 25.0 Å². The number of hydrogen-bond donors (Lipinski definition) is 2. The largest absolute Gasteiger partial charge is 0.396 e. The van der Waals surface area contributed by atoms with Crippen LogP contribution >= 0.6 is 23.2 Å². The lowest BCUT2D eigenvalue weighted by molar-refractivity contribution is -0.123. The Balaban J connectivity index is 2.21. The van der Waals surface area contributed by atoms with Crippen molar-refractivity contribution in [1.29, 1.82) is 0 Å². The average molecular weight is 316 g/mol. The van der Waals surface area contributed by atoms with Crippen molar-refractivity contribution < 1.29 is 9.59 Å². The maximum atomic E-state index is 12.4. The van der Waals surface area contributed by atoms with E-state index in [1.54, 1.807) is 4.90 Å². The number of carbonyl (C=O) groups is 2. The lowest BCUT2D eigenvalue weighted by atomic mass is 9.97. The minimum Gasteiger partial charge on any atom is -0.396 e. The second-order valence-electron chi connectivity index (χ2n) is 4.85. The van der Waals surface area contributed by atoms with E-state index < -0.39 is 0 Å². The van der Waals surface area contributed by atoms with E-state index in [-0.39, 0.29) is 33.5 Å². The van der Waals surface area contributed by atoms with Crippen LogP contribution in [-0.2, 0) is 4.79 Å². The molecule has 1 saturated heterocycles. The van der Waals surface area contributed by atoms with Crippen LogP contribution in [0.15, 0.2) is 12.1 Å². The molecule has 108 valence electrons. The monoisotopic (exact) mass is 315 g/mol. The number of primary amides is 1. The van der Waals surface area contributed by atoms with Crippen LogP contribution in [0.1, 0.15) is 23.2 Å². The van der Waals surface area contributed by atoms with Crippen LogP contribution in [0, 0.1) is 5.92 Å². The van der Waals surface area contributed by atoms with Crippen molar-refractivity contribution in [1.82, 2.24) is 4.90 Å². The molecular weight excluding hydrogens is 301 g/mol. The Morgan fingerprint density at radius 3 is 2.40 bits per heavy atom. The second kappa shape index (κ2) is 5.89. The van der Waals surface area contributed by atoms with Gasteiger partial charge in [0.05, 0.1) is 21.7 Å². The molecule has 5 nitrogen and oxygen atoms in total. The number of benzene rings is 1. The van der Waals surface area contributed by atoms with Crippen molar-refractivity contribution in [3.8, 4) is 0 Å². The number of rotatable bonds is 2. The summed E-state index contributed by atoms with van der Waals surface area (Å²) in [6.07, 6.45) is 1.46. The number of anilines is 1. The number of nitrogens with zero attached hydrogens (tertiary/aromatic N) is 1. The third kappa shape index (κ3) is 2.99. The Morgan fingerprint density at radius 1 is 1.25 bits per heavy atom. The molecule has 2 amide bonds. The van der Waals surface area contributed by atoms with E-state index in [0.717, 1.165) is 6.42 Å². The molecule has 1 unspecified atom stereocenters. The van der Waals surface area contributed by atoms with Gasteiger partial charge in [0, 0.05) is 18.7 Å². The summed E-state index contributed by atoms with van der Waals surface area (Å²) in [5.74, 6) is -0.900. The average Bonchev–Trinajstić information content (AvgIpc) is 2.43. The quantitative estimate of drug-likeness (QED) is 0.817. The van der Waals surface area contributed by atoms with Crippen LogP contribution in [0.2, 0.25) is 10.0 Å². The highest BCUT2D eigenvalue weighted by atomic mass is 35.5. The molecular formula is C13H15Cl2N3O2. The van der Waals surface area contributed by atoms with Gasteiger partial charge >= 0.3 is 0 Å². The molecule has 1 aliphatic heterocycles. The first-order valence-corrected chi connectivity index (χ1v) is 6.99. The topological polar surface area (TPSA) is 89.4 Å². The molecule has 0 bridgehead atoms. The highest BCUT2D eigenvalue weighted by molar-refractivity contribution is 6.39. The van der Waals surface area contributed by atoms with Crippen molar-refractivity contribution in [3.63, 3.8) is 0 Å². The number of hydrogen-bond acceptors (Lipinski definition) is 3. The van der Waals surface area contributed by atoms with Gasteiger partial charge in [-0.3, -0.25) is 9.59 Å². The summed E-state index contributed by atoms with van der Waals surface area (Å²) < 4.78 is 0. The summed E-state index contributed by atoms with van der Waals surface area (Å²) in [6, 6.07) is 2.97. The van der Waals surface area contributed by atoms with Gasteiger partial charge in [-0.25, -0.2) is 0 Å². The molecule has 2 rings (SSSR count). The van der Waals surface area contributed by atoms with Crippen LogP contribution in [0.25, 0.3) is 0 Å². The SMILES string of the molecule is NC(=O)C1CCCN(C(=O)c2cc(Cl)c(N)c(Cl)c2)C1. The van der Waals surface area contributed by atoms with Gasteiger partial charge in [0.15, 0.2) is 0 Å². The molecule has 1 atom stereocenters. The van der Waals surface area contributed by atoms with Crippen LogP contribution in [0.3, 0.4) is 0 Å². The summed E-state index contributed by atoms with van der Waals surface area (Å²) in [5.41, 5.74) is 11.6. The van der Waals surface area contributed by atoms with E-state index in [1.807, 2.05) is 0 Å². The molecule has 7 heteroatoms. The maximum absolute atomic E-state index is 12.4. The third-order valence-corrected chi connectivity index (χ3v) is 4.06. The van der Waals surface area contributed by atoms with Crippen molar-refractivity contribution in [2.24, 2.45) is 11.7 Å². The highest BCUT2D eigenvalue weighted by Crippen LogP contribution is 2.30. The molecule has 1 aromatic carbocycles. The molecule has 0 aromatic heterocycles. The summed E-state index contributed by atoms with van der Waals surface area (Å²) in [7, 11) is 0. The lowest BCUT2D eigenvalue weighted by Gasteiger charge is -2.31. The Kier molecular flexibility index (Phi) is 4.40. The minimum atomic E-state index is -0.379. The van der Waals surface area contributed by atoms with E-state index in [0.29, 0.717) is 25.1 Å². The van der Waals surface area contributed by atoms with Crippen molar-refractivity contribution in [2.45, 2.75) is 12.8 Å². The predicted octanol–water partition coefficient (Wildman–Crippen LogP) is 1.91. The lowest BCUT2D eigenvalue weighted by Crippen LogP contribution is -2.44. The van der Waals surface area contributed by atoms with Crippen molar-refractivity contribution in [3.05, 3.63) is 27.7 Å². The van der Waals surface area contributed by atoms with Gasteiger partial charge in [-0.15, -0.1) is 0 Å². The van der Waals surface area contributed by atoms with E-state index in [9.17, 15) is 9.59 Å². The van der Waals surface area contributed by atoms with E-state index in [4.69, 9.17) is 34.7 Å². The Morgan fingerprint density at radius 2 is 1.85 bits per heavy atom. The first-order valence-electron chi connectivity index (χ1n) is 6.23. The molecule has 0 aliphatic carbocycles. The fraction of sp³-hybridized carbons (Fsp3) is 0.385. The predicted molar refractivity (Wildman–Crippen MR) is 78.7 cm³/mol. The van der Waals surface area contributed by atoms with Crippen LogP contribution in [0.5, 0.6) is 0 Å². The minimum absolute atomic E-state index is 0.222. The maximum Gasteiger partial charge on any atom is 0.253 e. The van der Waals surface area contributed by atoms with Crippen LogP contribution < -0.4 is 11.5 Å². The summed E-state index contributed by atoms with van der Waals surface area (Å²) in [6.45, 7) is 0.913. The van der Waals surface area contributed by atoms with Gasteiger partial charge in [0.25, 0.3) is 5.91 Å². The zero-order valence-corrected chi connectivity index (χ0v) is 12.2. The van der Waals surface area contributed by atoms with Crippen LogP contribution in [0.4, 0.5) is 5.69 Å². The van der Waals surface area contributed by atoms with Crippen LogP contribution in [-0.4, -0.2) is 29.8 Å². The molecule has 0 spiro atoms.